The molecule has 1 unspecified atom stereocenters. The summed E-state index contributed by atoms with van der Waals surface area (Å²) < 4.78 is 4.85. The second kappa shape index (κ2) is 5.45. The maximum absolute atomic E-state index is 11.6. The van der Waals surface area contributed by atoms with Crippen molar-refractivity contribution in [2.45, 2.75) is 20.0 Å². The van der Waals surface area contributed by atoms with Crippen LogP contribution in [0.3, 0.4) is 0 Å². The average molecular weight is 237 g/mol. The average Bonchev–Trinajstić information content (AvgIpc) is 2.29. The fourth-order valence-corrected chi connectivity index (χ4v) is 1.29. The van der Waals surface area contributed by atoms with Crippen LogP contribution in [-0.4, -0.2) is 30.2 Å². The lowest BCUT2D eigenvalue weighted by Crippen LogP contribution is -2.27. The number of aryl methyl sites for hydroxylation is 1. The lowest BCUT2D eigenvalue weighted by Gasteiger charge is -2.12. The zero-order valence-corrected chi connectivity index (χ0v) is 9.98. The number of carbonyl (C=O) groups is 2. The summed E-state index contributed by atoms with van der Waals surface area (Å²) in [4.78, 5) is 22.6. The number of hydrogen-bond acceptors (Lipinski definition) is 3. The van der Waals surface area contributed by atoms with Gasteiger partial charge in [0, 0.05) is 7.11 Å². The minimum Gasteiger partial charge on any atom is -0.478 e. The molecule has 0 aliphatic rings. The SMILES string of the molecule is COC(C)C(=O)Nc1ccc(C)cc1C(=O)O. The molecule has 1 aromatic rings. The molecule has 0 saturated heterocycles. The highest BCUT2D eigenvalue weighted by Crippen LogP contribution is 2.17. The molecule has 92 valence electrons. The molecule has 0 aliphatic heterocycles. The van der Waals surface area contributed by atoms with E-state index in [2.05, 4.69) is 5.32 Å². The lowest BCUT2D eigenvalue weighted by molar-refractivity contribution is -0.124. The Balaban J connectivity index is 2.98. The van der Waals surface area contributed by atoms with Crippen LogP contribution in [0.2, 0.25) is 0 Å². The predicted molar refractivity (Wildman–Crippen MR) is 63.2 cm³/mol. The van der Waals surface area contributed by atoms with Crippen molar-refractivity contribution < 1.29 is 19.4 Å². The van der Waals surface area contributed by atoms with Gasteiger partial charge in [-0.1, -0.05) is 11.6 Å². The van der Waals surface area contributed by atoms with E-state index in [4.69, 9.17) is 9.84 Å². The first kappa shape index (κ1) is 13.2. The molecule has 2 N–H and O–H groups in total. The summed E-state index contributed by atoms with van der Waals surface area (Å²) in [5.41, 5.74) is 1.17. The number of ether oxygens (including phenoxy) is 1. The van der Waals surface area contributed by atoms with Crippen LogP contribution in [0.15, 0.2) is 18.2 Å². The van der Waals surface area contributed by atoms with E-state index >= 15 is 0 Å². The molecule has 5 heteroatoms. The van der Waals surface area contributed by atoms with E-state index in [0.29, 0.717) is 0 Å². The van der Waals surface area contributed by atoms with Gasteiger partial charge in [-0.25, -0.2) is 4.79 Å². The van der Waals surface area contributed by atoms with Crippen molar-refractivity contribution in [2.75, 3.05) is 12.4 Å². The molecule has 0 aliphatic carbocycles. The van der Waals surface area contributed by atoms with Crippen LogP contribution in [-0.2, 0) is 9.53 Å². The van der Waals surface area contributed by atoms with Crippen LogP contribution in [0, 0.1) is 6.92 Å². The van der Waals surface area contributed by atoms with E-state index in [9.17, 15) is 9.59 Å². The third-order valence-corrected chi connectivity index (χ3v) is 2.39. The standard InChI is InChI=1S/C12H15NO4/c1-7-4-5-10(9(6-7)12(15)16)13-11(14)8(2)17-3/h4-6,8H,1-3H3,(H,13,14)(H,15,16). The van der Waals surface area contributed by atoms with E-state index in [1.807, 2.05) is 0 Å². The Hall–Kier alpha value is -1.88. The Morgan fingerprint density at radius 3 is 2.59 bits per heavy atom. The van der Waals surface area contributed by atoms with E-state index in [1.54, 1.807) is 26.0 Å². The van der Waals surface area contributed by atoms with E-state index < -0.39 is 12.1 Å². The molecule has 1 rings (SSSR count). The smallest absolute Gasteiger partial charge is 0.337 e. The summed E-state index contributed by atoms with van der Waals surface area (Å²) in [6.45, 7) is 3.37. The highest BCUT2D eigenvalue weighted by Gasteiger charge is 2.16. The van der Waals surface area contributed by atoms with Gasteiger partial charge in [0.15, 0.2) is 0 Å². The summed E-state index contributed by atoms with van der Waals surface area (Å²) in [5.74, 6) is -1.45. The quantitative estimate of drug-likeness (QED) is 0.835. The number of anilines is 1. The Morgan fingerprint density at radius 2 is 2.06 bits per heavy atom. The number of carbonyl (C=O) groups excluding carboxylic acids is 1. The molecule has 1 amide bonds. The monoisotopic (exact) mass is 237 g/mol. The number of rotatable bonds is 4. The Bertz CT molecular complexity index is 442. The van der Waals surface area contributed by atoms with Crippen molar-refractivity contribution in [3.63, 3.8) is 0 Å². The number of nitrogens with one attached hydrogen (secondary N) is 1. The predicted octanol–water partition coefficient (Wildman–Crippen LogP) is 1.67. The number of carboxylic acid groups (broad SMARTS) is 1. The van der Waals surface area contributed by atoms with Gasteiger partial charge >= 0.3 is 5.97 Å². The third kappa shape index (κ3) is 3.29. The van der Waals surface area contributed by atoms with Gasteiger partial charge < -0.3 is 15.2 Å². The maximum atomic E-state index is 11.6. The molecule has 0 spiro atoms. The molecule has 0 fully saturated rings. The molecular weight excluding hydrogens is 222 g/mol. The topological polar surface area (TPSA) is 75.6 Å². The van der Waals surface area contributed by atoms with Crippen molar-refractivity contribution >= 4 is 17.6 Å². The Kier molecular flexibility index (Phi) is 4.23. The van der Waals surface area contributed by atoms with Gasteiger partial charge in [-0.05, 0) is 26.0 Å². The molecule has 0 bridgehead atoms. The van der Waals surface area contributed by atoms with E-state index in [-0.39, 0.29) is 17.2 Å². The second-order valence-electron chi connectivity index (χ2n) is 3.72. The summed E-state index contributed by atoms with van der Waals surface area (Å²) in [7, 11) is 1.41. The van der Waals surface area contributed by atoms with Crippen LogP contribution in [0.1, 0.15) is 22.8 Å². The van der Waals surface area contributed by atoms with Gasteiger partial charge in [0.2, 0.25) is 0 Å². The zero-order valence-electron chi connectivity index (χ0n) is 9.98. The maximum Gasteiger partial charge on any atom is 0.337 e. The molecule has 1 aromatic carbocycles. The van der Waals surface area contributed by atoms with Gasteiger partial charge in [0.05, 0.1) is 11.3 Å². The lowest BCUT2D eigenvalue weighted by atomic mass is 10.1. The van der Waals surface area contributed by atoms with Crippen LogP contribution < -0.4 is 5.32 Å². The van der Waals surface area contributed by atoms with Crippen molar-refractivity contribution in [3.8, 4) is 0 Å². The summed E-state index contributed by atoms with van der Waals surface area (Å²) in [5, 5.41) is 11.5. The first-order chi connectivity index (χ1) is 7.95. The van der Waals surface area contributed by atoms with Gasteiger partial charge in [0.25, 0.3) is 5.91 Å². The van der Waals surface area contributed by atoms with Gasteiger partial charge in [-0.15, -0.1) is 0 Å². The normalized spacial score (nSPS) is 11.9. The number of benzene rings is 1. The van der Waals surface area contributed by atoms with Crippen LogP contribution in [0.5, 0.6) is 0 Å². The Morgan fingerprint density at radius 1 is 1.41 bits per heavy atom. The van der Waals surface area contributed by atoms with Crippen molar-refractivity contribution in [1.82, 2.24) is 0 Å². The van der Waals surface area contributed by atoms with Gasteiger partial charge in [-0.3, -0.25) is 4.79 Å². The molecule has 5 nitrogen and oxygen atoms in total. The molecular formula is C12H15NO4. The zero-order chi connectivity index (χ0) is 13.0. The number of amides is 1. The van der Waals surface area contributed by atoms with E-state index in [0.717, 1.165) is 5.56 Å². The van der Waals surface area contributed by atoms with Crippen molar-refractivity contribution in [2.24, 2.45) is 0 Å². The molecule has 17 heavy (non-hydrogen) atoms. The fraction of sp³-hybridized carbons (Fsp3) is 0.333. The largest absolute Gasteiger partial charge is 0.478 e. The summed E-state index contributed by atoms with van der Waals surface area (Å²) >= 11 is 0. The van der Waals surface area contributed by atoms with Crippen LogP contribution >= 0.6 is 0 Å². The highest BCUT2D eigenvalue weighted by atomic mass is 16.5. The Labute approximate surface area is 99.4 Å². The van der Waals surface area contributed by atoms with Gasteiger partial charge in [-0.2, -0.15) is 0 Å². The van der Waals surface area contributed by atoms with Crippen LogP contribution in [0.4, 0.5) is 5.69 Å². The first-order valence-electron chi connectivity index (χ1n) is 5.13. The molecule has 0 heterocycles. The summed E-state index contributed by atoms with van der Waals surface area (Å²) in [6, 6.07) is 4.81. The molecule has 0 saturated carbocycles. The number of methoxy groups -OCH3 is 1. The number of aromatic carboxylic acids is 1. The van der Waals surface area contributed by atoms with Gasteiger partial charge in [0.1, 0.15) is 6.10 Å². The first-order valence-corrected chi connectivity index (χ1v) is 5.13. The minimum atomic E-state index is -1.07. The second-order valence-corrected chi connectivity index (χ2v) is 3.72. The van der Waals surface area contributed by atoms with Crippen molar-refractivity contribution in [1.29, 1.82) is 0 Å². The minimum absolute atomic E-state index is 0.0710. The highest BCUT2D eigenvalue weighted by molar-refractivity contribution is 6.01. The molecule has 0 radical (unpaired) electrons. The third-order valence-electron chi connectivity index (χ3n) is 2.39. The molecule has 1 atom stereocenters. The number of hydrogen-bond donors (Lipinski definition) is 2. The molecule has 0 aromatic heterocycles. The number of carboxylic acids is 1. The van der Waals surface area contributed by atoms with Crippen LogP contribution in [0.25, 0.3) is 0 Å². The summed E-state index contributed by atoms with van der Waals surface area (Å²) in [6.07, 6.45) is -0.627. The van der Waals surface area contributed by atoms with Crippen molar-refractivity contribution in [3.05, 3.63) is 29.3 Å². The van der Waals surface area contributed by atoms with E-state index in [1.165, 1.54) is 13.2 Å². The fourth-order valence-electron chi connectivity index (χ4n) is 1.29.